The van der Waals surface area contributed by atoms with Crippen LogP contribution in [0.5, 0.6) is 34.5 Å². The van der Waals surface area contributed by atoms with Crippen LogP contribution in [-0.2, 0) is 0 Å². The summed E-state index contributed by atoms with van der Waals surface area (Å²) in [7, 11) is 0. The van der Waals surface area contributed by atoms with Crippen LogP contribution in [0.25, 0.3) is 0 Å². The standard InChI is InChI=1S/C28H24O7/c29-17-5-1-14(2-6-17)24-25(16-9-19(31)11-20(32)10-16)26-22(12-21(33)13-23(26)34)27(24)28(35)15-3-7-18(30)8-4-15/h1-13,24-25,27-35H/t24-,25-,27-,28-/m0/s1. The van der Waals surface area contributed by atoms with E-state index in [0.29, 0.717) is 22.3 Å². The highest BCUT2D eigenvalue weighted by atomic mass is 16.3. The summed E-state index contributed by atoms with van der Waals surface area (Å²) in [6, 6.07) is 19.5. The third kappa shape index (κ3) is 3.96. The van der Waals surface area contributed by atoms with Gasteiger partial charge in [-0.25, -0.2) is 0 Å². The van der Waals surface area contributed by atoms with E-state index in [4.69, 9.17) is 0 Å². The zero-order valence-corrected chi connectivity index (χ0v) is 18.4. The maximum Gasteiger partial charge on any atom is 0.123 e. The van der Waals surface area contributed by atoms with Crippen LogP contribution in [-0.4, -0.2) is 35.7 Å². The van der Waals surface area contributed by atoms with E-state index in [2.05, 4.69) is 0 Å². The Morgan fingerprint density at radius 2 is 1.09 bits per heavy atom. The fourth-order valence-electron chi connectivity index (χ4n) is 5.35. The summed E-state index contributed by atoms with van der Waals surface area (Å²) >= 11 is 0. The van der Waals surface area contributed by atoms with Crippen molar-refractivity contribution in [2.24, 2.45) is 0 Å². The van der Waals surface area contributed by atoms with Crippen molar-refractivity contribution in [3.8, 4) is 34.5 Å². The van der Waals surface area contributed by atoms with E-state index >= 15 is 0 Å². The average molecular weight is 472 g/mol. The molecule has 7 nitrogen and oxygen atoms in total. The molecule has 4 aromatic rings. The molecule has 0 radical (unpaired) electrons. The molecule has 0 amide bonds. The summed E-state index contributed by atoms with van der Waals surface area (Å²) < 4.78 is 0. The third-order valence-corrected chi connectivity index (χ3v) is 6.73. The van der Waals surface area contributed by atoms with Gasteiger partial charge >= 0.3 is 0 Å². The lowest BCUT2D eigenvalue weighted by Crippen LogP contribution is -2.18. The normalized spacial score (nSPS) is 19.9. The Labute approximate surface area is 201 Å². The lowest BCUT2D eigenvalue weighted by molar-refractivity contribution is 0.134. The van der Waals surface area contributed by atoms with Crippen LogP contribution in [0.3, 0.4) is 0 Å². The Bertz CT molecular complexity index is 1360. The maximum atomic E-state index is 11.6. The SMILES string of the molecule is Oc1ccc([C@H]2[C@H](c3cc(O)cc(O)c3)c3c(O)cc(O)cc3[C@@H]2[C@@H](O)c2ccc(O)cc2)cc1. The van der Waals surface area contributed by atoms with E-state index in [9.17, 15) is 35.7 Å². The van der Waals surface area contributed by atoms with Crippen LogP contribution in [0.4, 0.5) is 0 Å². The molecule has 0 bridgehead atoms. The van der Waals surface area contributed by atoms with Gasteiger partial charge in [0.1, 0.15) is 34.5 Å². The molecule has 0 fully saturated rings. The lowest BCUT2D eigenvalue weighted by Gasteiger charge is -2.30. The topological polar surface area (TPSA) is 142 Å². The van der Waals surface area contributed by atoms with Gasteiger partial charge in [0.25, 0.3) is 0 Å². The summed E-state index contributed by atoms with van der Waals surface area (Å²) in [6.07, 6.45) is -1.11. The van der Waals surface area contributed by atoms with E-state index in [1.165, 1.54) is 54.6 Å². The average Bonchev–Trinajstić information content (AvgIpc) is 3.14. The Morgan fingerprint density at radius 3 is 1.69 bits per heavy atom. The highest BCUT2D eigenvalue weighted by Gasteiger charge is 2.47. The van der Waals surface area contributed by atoms with Gasteiger partial charge in [-0.2, -0.15) is 0 Å². The first-order valence-corrected chi connectivity index (χ1v) is 11.1. The molecule has 0 saturated carbocycles. The second kappa shape index (κ2) is 8.45. The van der Waals surface area contributed by atoms with Crippen molar-refractivity contribution in [2.75, 3.05) is 0 Å². The fraction of sp³-hybridized carbons (Fsp3) is 0.143. The van der Waals surface area contributed by atoms with E-state index in [1.54, 1.807) is 24.3 Å². The zero-order valence-electron chi connectivity index (χ0n) is 18.4. The number of hydrogen-bond acceptors (Lipinski definition) is 7. The molecule has 0 aromatic heterocycles. The number of aromatic hydroxyl groups is 6. The highest BCUT2D eigenvalue weighted by molar-refractivity contribution is 5.61. The van der Waals surface area contributed by atoms with E-state index in [-0.39, 0.29) is 34.5 Å². The second-order valence-electron chi connectivity index (χ2n) is 8.91. The van der Waals surface area contributed by atoms with Crippen molar-refractivity contribution in [1.29, 1.82) is 0 Å². The quantitative estimate of drug-likeness (QED) is 0.229. The summed E-state index contributed by atoms with van der Waals surface area (Å²) in [4.78, 5) is 0. The molecule has 0 unspecified atom stereocenters. The highest BCUT2D eigenvalue weighted by Crippen LogP contribution is 2.61. The zero-order chi connectivity index (χ0) is 24.9. The monoisotopic (exact) mass is 472 g/mol. The minimum absolute atomic E-state index is 0.0475. The Balaban J connectivity index is 1.78. The number of aliphatic hydroxyl groups is 1. The van der Waals surface area contributed by atoms with Crippen molar-refractivity contribution >= 4 is 0 Å². The van der Waals surface area contributed by atoms with Crippen molar-refractivity contribution in [2.45, 2.75) is 23.9 Å². The van der Waals surface area contributed by atoms with Gasteiger partial charge < -0.3 is 35.7 Å². The number of hydrogen-bond donors (Lipinski definition) is 7. The van der Waals surface area contributed by atoms with Gasteiger partial charge in [-0.3, -0.25) is 0 Å². The largest absolute Gasteiger partial charge is 0.508 e. The molecule has 0 spiro atoms. The van der Waals surface area contributed by atoms with E-state index in [0.717, 1.165) is 5.56 Å². The molecule has 4 atom stereocenters. The number of phenols is 6. The third-order valence-electron chi connectivity index (χ3n) is 6.73. The lowest BCUT2D eigenvalue weighted by atomic mass is 9.75. The predicted octanol–water partition coefficient (Wildman–Crippen LogP) is 4.67. The molecular formula is C28H24O7. The summed E-state index contributed by atoms with van der Waals surface area (Å²) in [5.41, 5.74) is 2.71. The van der Waals surface area contributed by atoms with Crippen molar-refractivity contribution < 1.29 is 35.7 Å². The van der Waals surface area contributed by atoms with Crippen LogP contribution in [0.1, 0.15) is 51.7 Å². The van der Waals surface area contributed by atoms with E-state index in [1.807, 2.05) is 0 Å². The first-order valence-electron chi connectivity index (χ1n) is 11.1. The number of fused-ring (bicyclic) bond motifs is 1. The first-order chi connectivity index (χ1) is 16.7. The van der Waals surface area contributed by atoms with Crippen molar-refractivity contribution in [1.82, 2.24) is 0 Å². The molecule has 35 heavy (non-hydrogen) atoms. The summed E-state index contributed by atoms with van der Waals surface area (Å²) in [5.74, 6) is -2.39. The molecule has 4 aromatic carbocycles. The fourth-order valence-corrected chi connectivity index (χ4v) is 5.35. The predicted molar refractivity (Wildman–Crippen MR) is 128 cm³/mol. The van der Waals surface area contributed by atoms with Gasteiger partial charge in [0.2, 0.25) is 0 Å². The molecule has 178 valence electrons. The van der Waals surface area contributed by atoms with Gasteiger partial charge in [-0.1, -0.05) is 24.3 Å². The molecule has 1 aliphatic rings. The molecule has 1 aliphatic carbocycles. The van der Waals surface area contributed by atoms with Gasteiger partial charge in [0, 0.05) is 35.4 Å². The molecule has 0 heterocycles. The number of phenolic OH excluding ortho intramolecular Hbond substituents is 6. The number of aliphatic hydroxyl groups excluding tert-OH is 1. The molecule has 7 N–H and O–H groups in total. The van der Waals surface area contributed by atoms with Crippen LogP contribution in [0.2, 0.25) is 0 Å². The Kier molecular flexibility index (Phi) is 5.42. The molecular weight excluding hydrogens is 448 g/mol. The summed E-state index contributed by atoms with van der Waals surface area (Å²) in [6.45, 7) is 0. The number of rotatable bonds is 4. The van der Waals surface area contributed by atoms with Crippen molar-refractivity contribution in [3.05, 3.63) is 107 Å². The number of benzene rings is 4. The molecule has 7 heteroatoms. The molecule has 0 aliphatic heterocycles. The van der Waals surface area contributed by atoms with Crippen molar-refractivity contribution in [3.63, 3.8) is 0 Å². The molecule has 5 rings (SSSR count). The molecule has 0 saturated heterocycles. The Morgan fingerprint density at radius 1 is 0.543 bits per heavy atom. The Hall–Kier alpha value is -4.36. The van der Waals surface area contributed by atoms with Crippen LogP contribution >= 0.6 is 0 Å². The second-order valence-corrected chi connectivity index (χ2v) is 8.91. The minimum Gasteiger partial charge on any atom is -0.508 e. The van der Waals surface area contributed by atoms with Gasteiger partial charge in [0.15, 0.2) is 0 Å². The first kappa shape index (κ1) is 22.4. The summed E-state index contributed by atoms with van der Waals surface area (Å²) in [5, 5.41) is 72.9. The van der Waals surface area contributed by atoms with Crippen LogP contribution < -0.4 is 0 Å². The van der Waals surface area contributed by atoms with Gasteiger partial charge in [0.05, 0.1) is 6.10 Å². The smallest absolute Gasteiger partial charge is 0.123 e. The van der Waals surface area contributed by atoms with Crippen LogP contribution in [0, 0.1) is 0 Å². The van der Waals surface area contributed by atoms with Gasteiger partial charge in [-0.05, 0) is 64.7 Å². The van der Waals surface area contributed by atoms with Gasteiger partial charge in [-0.15, -0.1) is 0 Å². The van der Waals surface area contributed by atoms with E-state index < -0.39 is 23.9 Å². The van der Waals surface area contributed by atoms with Crippen LogP contribution in [0.15, 0.2) is 78.9 Å². The minimum atomic E-state index is -1.11. The maximum absolute atomic E-state index is 11.6.